The van der Waals surface area contributed by atoms with Crippen molar-refractivity contribution in [2.45, 2.75) is 11.4 Å². The van der Waals surface area contributed by atoms with Crippen LogP contribution >= 0.6 is 11.3 Å². The monoisotopic (exact) mass is 389 g/mol. The third kappa shape index (κ3) is 3.69. The minimum atomic E-state index is -3.26. The molecule has 1 fully saturated rings. The van der Waals surface area contributed by atoms with Crippen LogP contribution in [0.3, 0.4) is 0 Å². The van der Waals surface area contributed by atoms with E-state index in [1.54, 1.807) is 11.3 Å². The fourth-order valence-electron chi connectivity index (χ4n) is 3.03. The Bertz CT molecular complexity index is 1010. The summed E-state index contributed by atoms with van der Waals surface area (Å²) in [5.74, 6) is 0.584. The molecule has 2 aromatic heterocycles. The molecule has 7 nitrogen and oxygen atoms in total. The molecule has 9 heteroatoms. The van der Waals surface area contributed by atoms with Crippen molar-refractivity contribution in [3.05, 3.63) is 41.7 Å². The van der Waals surface area contributed by atoms with Gasteiger partial charge in [0.2, 0.25) is 5.95 Å². The zero-order valence-corrected chi connectivity index (χ0v) is 16.0. The molecule has 1 saturated heterocycles. The standard InChI is InChI=1S/C17H19N5O2S2/c1-26(23,24)14-9-18-17(19-10-14)22-6-4-21(5-7-22)11-13-2-3-16-15(8-13)20-12-25-16/h2-3,8-10,12H,4-7,11H2,1H3. The summed E-state index contributed by atoms with van der Waals surface area (Å²) < 4.78 is 24.2. The van der Waals surface area contributed by atoms with Crippen LogP contribution in [0.25, 0.3) is 10.2 Å². The summed E-state index contributed by atoms with van der Waals surface area (Å²) in [6.07, 6.45) is 3.92. The normalized spacial score (nSPS) is 16.3. The Morgan fingerprint density at radius 3 is 2.50 bits per heavy atom. The van der Waals surface area contributed by atoms with Gasteiger partial charge in [0.05, 0.1) is 28.1 Å². The first-order chi connectivity index (χ1) is 12.5. The van der Waals surface area contributed by atoms with Crippen molar-refractivity contribution in [2.24, 2.45) is 0 Å². The number of hydrogen-bond donors (Lipinski definition) is 0. The van der Waals surface area contributed by atoms with Gasteiger partial charge in [0, 0.05) is 39.0 Å². The van der Waals surface area contributed by atoms with E-state index >= 15 is 0 Å². The molecule has 136 valence electrons. The number of hydrogen-bond acceptors (Lipinski definition) is 8. The van der Waals surface area contributed by atoms with Crippen molar-refractivity contribution in [1.29, 1.82) is 0 Å². The Hall–Kier alpha value is -2.10. The summed E-state index contributed by atoms with van der Waals surface area (Å²) in [6, 6.07) is 6.46. The number of thiazole rings is 1. The molecule has 3 heterocycles. The molecule has 0 saturated carbocycles. The van der Waals surface area contributed by atoms with Gasteiger partial charge >= 0.3 is 0 Å². The lowest BCUT2D eigenvalue weighted by molar-refractivity contribution is 0.249. The topological polar surface area (TPSA) is 79.3 Å². The number of nitrogens with zero attached hydrogens (tertiary/aromatic N) is 5. The Kier molecular flexibility index (Phi) is 4.60. The van der Waals surface area contributed by atoms with E-state index in [1.165, 1.54) is 22.7 Å². The van der Waals surface area contributed by atoms with Crippen LogP contribution in [0.15, 0.2) is 41.0 Å². The van der Waals surface area contributed by atoms with Crippen LogP contribution in [0.5, 0.6) is 0 Å². The summed E-state index contributed by atoms with van der Waals surface area (Å²) in [7, 11) is -3.26. The number of sulfone groups is 1. The Morgan fingerprint density at radius 2 is 1.81 bits per heavy atom. The second kappa shape index (κ2) is 6.90. The number of anilines is 1. The predicted molar refractivity (Wildman–Crippen MR) is 102 cm³/mol. The summed E-state index contributed by atoms with van der Waals surface area (Å²) in [5.41, 5.74) is 4.21. The van der Waals surface area contributed by atoms with Crippen LogP contribution in [0.2, 0.25) is 0 Å². The summed E-state index contributed by atoms with van der Waals surface area (Å²) in [4.78, 5) is 17.5. The van der Waals surface area contributed by atoms with Crippen LogP contribution < -0.4 is 4.90 Å². The van der Waals surface area contributed by atoms with Gasteiger partial charge < -0.3 is 4.90 Å². The summed E-state index contributed by atoms with van der Waals surface area (Å²) in [5, 5.41) is 0. The highest BCUT2D eigenvalue weighted by molar-refractivity contribution is 7.90. The van der Waals surface area contributed by atoms with E-state index in [0.29, 0.717) is 5.95 Å². The third-order valence-electron chi connectivity index (χ3n) is 4.50. The molecule has 1 aliphatic heterocycles. The van der Waals surface area contributed by atoms with Gasteiger partial charge in [-0.3, -0.25) is 4.90 Å². The molecule has 26 heavy (non-hydrogen) atoms. The van der Waals surface area contributed by atoms with E-state index in [4.69, 9.17) is 0 Å². The summed E-state index contributed by atoms with van der Waals surface area (Å²) >= 11 is 1.66. The van der Waals surface area contributed by atoms with Gasteiger partial charge in [-0.05, 0) is 17.7 Å². The molecule has 0 bridgehead atoms. The molecule has 4 rings (SSSR count). The quantitative estimate of drug-likeness (QED) is 0.673. The first-order valence-electron chi connectivity index (χ1n) is 8.30. The molecule has 0 N–H and O–H groups in total. The Balaban J connectivity index is 1.37. The van der Waals surface area contributed by atoms with E-state index in [1.807, 2.05) is 5.51 Å². The van der Waals surface area contributed by atoms with Gasteiger partial charge in [0.25, 0.3) is 0 Å². The largest absolute Gasteiger partial charge is 0.338 e. The molecule has 0 aliphatic carbocycles. The average molecular weight is 390 g/mol. The molecule has 0 amide bonds. The summed E-state index contributed by atoms with van der Waals surface area (Å²) in [6.45, 7) is 4.35. The fourth-order valence-corrected chi connectivity index (χ4v) is 4.18. The van der Waals surface area contributed by atoms with Gasteiger partial charge in [0.1, 0.15) is 4.90 Å². The van der Waals surface area contributed by atoms with Crippen LogP contribution in [0.4, 0.5) is 5.95 Å². The highest BCUT2D eigenvalue weighted by Crippen LogP contribution is 2.20. The van der Waals surface area contributed by atoms with Crippen molar-refractivity contribution in [3.8, 4) is 0 Å². The Labute approximate surface area is 156 Å². The second-order valence-corrected chi connectivity index (χ2v) is 9.31. The fraction of sp³-hybridized carbons (Fsp3) is 0.353. The van der Waals surface area contributed by atoms with Crippen molar-refractivity contribution in [3.63, 3.8) is 0 Å². The van der Waals surface area contributed by atoms with E-state index in [-0.39, 0.29) is 4.90 Å². The van der Waals surface area contributed by atoms with E-state index in [9.17, 15) is 8.42 Å². The van der Waals surface area contributed by atoms with Crippen LogP contribution in [-0.2, 0) is 16.4 Å². The molecule has 1 aromatic carbocycles. The first-order valence-corrected chi connectivity index (χ1v) is 11.1. The zero-order valence-electron chi connectivity index (χ0n) is 14.4. The lowest BCUT2D eigenvalue weighted by atomic mass is 10.2. The zero-order chi connectivity index (χ0) is 18.1. The van der Waals surface area contributed by atoms with E-state index < -0.39 is 9.84 Å². The third-order valence-corrected chi connectivity index (χ3v) is 6.38. The van der Waals surface area contributed by atoms with E-state index in [0.717, 1.165) is 44.5 Å². The van der Waals surface area contributed by atoms with Crippen molar-refractivity contribution < 1.29 is 8.42 Å². The van der Waals surface area contributed by atoms with Crippen LogP contribution in [0, 0.1) is 0 Å². The van der Waals surface area contributed by atoms with Crippen molar-refractivity contribution in [2.75, 3.05) is 37.3 Å². The molecule has 0 radical (unpaired) electrons. The molecule has 0 spiro atoms. The molecular formula is C17H19N5O2S2. The maximum Gasteiger partial charge on any atom is 0.225 e. The Morgan fingerprint density at radius 1 is 1.08 bits per heavy atom. The number of piperazine rings is 1. The first kappa shape index (κ1) is 17.3. The van der Waals surface area contributed by atoms with Crippen molar-refractivity contribution in [1.82, 2.24) is 19.9 Å². The van der Waals surface area contributed by atoms with Crippen molar-refractivity contribution >= 4 is 37.3 Å². The second-order valence-electron chi connectivity index (χ2n) is 6.41. The molecule has 0 atom stereocenters. The highest BCUT2D eigenvalue weighted by Gasteiger charge is 2.20. The molecule has 3 aromatic rings. The average Bonchev–Trinajstić information content (AvgIpc) is 3.10. The van der Waals surface area contributed by atoms with Crippen LogP contribution in [-0.4, -0.2) is 60.7 Å². The smallest absolute Gasteiger partial charge is 0.225 e. The van der Waals surface area contributed by atoms with Gasteiger partial charge in [-0.15, -0.1) is 11.3 Å². The maximum absolute atomic E-state index is 11.5. The van der Waals surface area contributed by atoms with Crippen LogP contribution in [0.1, 0.15) is 5.56 Å². The van der Waals surface area contributed by atoms with Gasteiger partial charge in [0.15, 0.2) is 9.84 Å². The lowest BCUT2D eigenvalue weighted by Crippen LogP contribution is -2.46. The van der Waals surface area contributed by atoms with Gasteiger partial charge in [-0.2, -0.15) is 0 Å². The van der Waals surface area contributed by atoms with E-state index in [2.05, 4.69) is 43.0 Å². The number of rotatable bonds is 4. The predicted octanol–water partition coefficient (Wildman–Crippen LogP) is 1.81. The minimum absolute atomic E-state index is 0.150. The highest BCUT2D eigenvalue weighted by atomic mass is 32.2. The number of benzene rings is 1. The van der Waals surface area contributed by atoms with Gasteiger partial charge in [-0.1, -0.05) is 6.07 Å². The molecule has 1 aliphatic rings. The SMILES string of the molecule is CS(=O)(=O)c1cnc(N2CCN(Cc3ccc4scnc4c3)CC2)nc1. The molecular weight excluding hydrogens is 370 g/mol. The molecule has 0 unspecified atom stereocenters. The minimum Gasteiger partial charge on any atom is -0.338 e. The number of aromatic nitrogens is 3. The number of fused-ring (bicyclic) bond motifs is 1. The maximum atomic E-state index is 11.5. The lowest BCUT2D eigenvalue weighted by Gasteiger charge is -2.34. The van der Waals surface area contributed by atoms with Gasteiger partial charge in [-0.25, -0.2) is 23.4 Å².